The van der Waals surface area contributed by atoms with E-state index >= 15 is 0 Å². The number of nitro benzene ring substituents is 1. The number of hydrogen-bond donors (Lipinski definition) is 2. The minimum Gasteiger partial charge on any atom is -0.502 e. The van der Waals surface area contributed by atoms with Gasteiger partial charge in [0, 0.05) is 17.8 Å². The molecule has 0 aliphatic carbocycles. The van der Waals surface area contributed by atoms with E-state index in [9.17, 15) is 15.2 Å². The molecule has 0 bridgehead atoms. The molecule has 2 N–H and O–H groups in total. The molecular formula is C9H12N2O3. The van der Waals surface area contributed by atoms with Gasteiger partial charge in [-0.1, -0.05) is 0 Å². The molecule has 76 valence electrons. The van der Waals surface area contributed by atoms with Crippen LogP contribution in [-0.2, 0) is 0 Å². The van der Waals surface area contributed by atoms with Crippen molar-refractivity contribution in [2.75, 3.05) is 5.32 Å². The van der Waals surface area contributed by atoms with E-state index in [1.54, 1.807) is 6.07 Å². The fourth-order valence-corrected chi connectivity index (χ4v) is 1.09. The van der Waals surface area contributed by atoms with Crippen molar-refractivity contribution in [3.63, 3.8) is 0 Å². The predicted molar refractivity (Wildman–Crippen MR) is 53.5 cm³/mol. The summed E-state index contributed by atoms with van der Waals surface area (Å²) >= 11 is 0. The van der Waals surface area contributed by atoms with Crippen LogP contribution in [0.15, 0.2) is 18.2 Å². The van der Waals surface area contributed by atoms with Crippen LogP contribution in [0.5, 0.6) is 5.75 Å². The first-order valence-electron chi connectivity index (χ1n) is 4.24. The Morgan fingerprint density at radius 1 is 1.50 bits per heavy atom. The molecule has 0 saturated heterocycles. The van der Waals surface area contributed by atoms with Crippen LogP contribution in [0.1, 0.15) is 13.8 Å². The first-order valence-corrected chi connectivity index (χ1v) is 4.24. The van der Waals surface area contributed by atoms with E-state index in [0.29, 0.717) is 5.69 Å². The lowest BCUT2D eigenvalue weighted by Crippen LogP contribution is -2.09. The zero-order valence-corrected chi connectivity index (χ0v) is 8.02. The minimum atomic E-state index is -0.610. The molecule has 0 aromatic heterocycles. The normalized spacial score (nSPS) is 10.2. The highest BCUT2D eigenvalue weighted by Gasteiger charge is 2.13. The van der Waals surface area contributed by atoms with Gasteiger partial charge in [-0.3, -0.25) is 10.1 Å². The topological polar surface area (TPSA) is 75.4 Å². The maximum Gasteiger partial charge on any atom is 0.312 e. The van der Waals surface area contributed by atoms with Gasteiger partial charge < -0.3 is 10.4 Å². The number of benzene rings is 1. The van der Waals surface area contributed by atoms with Crippen molar-refractivity contribution in [1.29, 1.82) is 0 Å². The second kappa shape index (κ2) is 3.95. The molecule has 0 saturated carbocycles. The largest absolute Gasteiger partial charge is 0.502 e. The third-order valence-corrected chi connectivity index (χ3v) is 1.63. The standard InChI is InChI=1S/C9H12N2O3/c1-6(2)10-7-3-4-9(12)8(5-7)11(13)14/h3-6,10,12H,1-2H3. The van der Waals surface area contributed by atoms with Crippen LogP contribution < -0.4 is 5.32 Å². The van der Waals surface area contributed by atoms with Crippen LogP contribution in [0.3, 0.4) is 0 Å². The van der Waals surface area contributed by atoms with Crippen molar-refractivity contribution < 1.29 is 10.0 Å². The van der Waals surface area contributed by atoms with Gasteiger partial charge >= 0.3 is 5.69 Å². The van der Waals surface area contributed by atoms with Crippen LogP contribution in [-0.4, -0.2) is 16.1 Å². The number of anilines is 1. The summed E-state index contributed by atoms with van der Waals surface area (Å²) in [5, 5.41) is 22.7. The number of rotatable bonds is 3. The monoisotopic (exact) mass is 196 g/mol. The molecule has 0 radical (unpaired) electrons. The second-order valence-electron chi connectivity index (χ2n) is 3.26. The van der Waals surface area contributed by atoms with Gasteiger partial charge in [0.25, 0.3) is 0 Å². The Balaban J connectivity index is 3.00. The number of nitrogens with one attached hydrogen (secondary N) is 1. The Hall–Kier alpha value is -1.78. The van der Waals surface area contributed by atoms with E-state index in [-0.39, 0.29) is 17.5 Å². The summed E-state index contributed by atoms with van der Waals surface area (Å²) in [4.78, 5) is 9.87. The zero-order valence-electron chi connectivity index (χ0n) is 8.02. The molecule has 0 fully saturated rings. The molecular weight excluding hydrogens is 184 g/mol. The Morgan fingerprint density at radius 3 is 2.64 bits per heavy atom. The lowest BCUT2D eigenvalue weighted by molar-refractivity contribution is -0.385. The number of phenols is 1. The van der Waals surface area contributed by atoms with Gasteiger partial charge in [-0.25, -0.2) is 0 Å². The first-order chi connectivity index (χ1) is 6.50. The summed E-state index contributed by atoms with van der Waals surface area (Å²) in [5.41, 5.74) is 0.347. The van der Waals surface area contributed by atoms with Crippen LogP contribution in [0.25, 0.3) is 0 Å². The molecule has 0 unspecified atom stereocenters. The Bertz CT molecular complexity index is 350. The molecule has 0 spiro atoms. The number of hydrogen-bond acceptors (Lipinski definition) is 4. The third kappa shape index (κ3) is 2.35. The molecule has 0 heterocycles. The lowest BCUT2D eigenvalue weighted by Gasteiger charge is -2.09. The highest BCUT2D eigenvalue weighted by Crippen LogP contribution is 2.28. The molecule has 0 aliphatic heterocycles. The van der Waals surface area contributed by atoms with Gasteiger partial charge in [-0.15, -0.1) is 0 Å². The van der Waals surface area contributed by atoms with Gasteiger partial charge in [0.2, 0.25) is 0 Å². The number of phenolic OH excluding ortho intramolecular Hbond substituents is 1. The molecule has 0 atom stereocenters. The molecule has 14 heavy (non-hydrogen) atoms. The second-order valence-corrected chi connectivity index (χ2v) is 3.26. The van der Waals surface area contributed by atoms with Crippen molar-refractivity contribution in [3.05, 3.63) is 28.3 Å². The van der Waals surface area contributed by atoms with Crippen molar-refractivity contribution >= 4 is 11.4 Å². The van der Waals surface area contributed by atoms with Crippen molar-refractivity contribution in [1.82, 2.24) is 0 Å². The van der Waals surface area contributed by atoms with E-state index in [1.165, 1.54) is 12.1 Å². The van der Waals surface area contributed by atoms with Gasteiger partial charge in [-0.2, -0.15) is 0 Å². The summed E-state index contributed by atoms with van der Waals surface area (Å²) in [5.74, 6) is -0.315. The SMILES string of the molecule is CC(C)Nc1ccc(O)c([N+](=O)[O-])c1. The number of aromatic hydroxyl groups is 1. The molecule has 1 aromatic rings. The van der Waals surface area contributed by atoms with Crippen LogP contribution >= 0.6 is 0 Å². The molecule has 1 aromatic carbocycles. The van der Waals surface area contributed by atoms with Gasteiger partial charge in [0.15, 0.2) is 5.75 Å². The van der Waals surface area contributed by atoms with E-state index in [4.69, 9.17) is 0 Å². The minimum absolute atomic E-state index is 0.194. The molecule has 0 aliphatic rings. The van der Waals surface area contributed by atoms with Crippen LogP contribution in [0.2, 0.25) is 0 Å². The first kappa shape index (κ1) is 10.3. The van der Waals surface area contributed by atoms with E-state index in [1.807, 2.05) is 13.8 Å². The maximum atomic E-state index is 10.5. The highest BCUT2D eigenvalue weighted by molar-refractivity contribution is 5.58. The third-order valence-electron chi connectivity index (χ3n) is 1.63. The van der Waals surface area contributed by atoms with Gasteiger partial charge in [0.05, 0.1) is 4.92 Å². The predicted octanol–water partition coefficient (Wildman–Crippen LogP) is 2.12. The van der Waals surface area contributed by atoms with E-state index in [2.05, 4.69) is 5.32 Å². The average molecular weight is 196 g/mol. The Labute approximate surface area is 81.5 Å². The summed E-state index contributed by atoms with van der Waals surface area (Å²) in [6.07, 6.45) is 0. The van der Waals surface area contributed by atoms with Gasteiger partial charge in [0.1, 0.15) is 0 Å². The van der Waals surface area contributed by atoms with E-state index in [0.717, 1.165) is 0 Å². The van der Waals surface area contributed by atoms with Crippen LogP contribution in [0, 0.1) is 10.1 Å². The quantitative estimate of drug-likeness (QED) is 0.441. The summed E-state index contributed by atoms with van der Waals surface area (Å²) < 4.78 is 0. The molecule has 5 heteroatoms. The number of nitrogens with zero attached hydrogens (tertiary/aromatic N) is 1. The molecule has 5 nitrogen and oxygen atoms in total. The zero-order chi connectivity index (χ0) is 10.7. The maximum absolute atomic E-state index is 10.5. The Kier molecular flexibility index (Phi) is 2.91. The lowest BCUT2D eigenvalue weighted by atomic mass is 10.2. The molecule has 1 rings (SSSR count). The Morgan fingerprint density at radius 2 is 2.14 bits per heavy atom. The highest BCUT2D eigenvalue weighted by atomic mass is 16.6. The van der Waals surface area contributed by atoms with E-state index < -0.39 is 4.92 Å². The van der Waals surface area contributed by atoms with Crippen molar-refractivity contribution in [3.8, 4) is 5.75 Å². The fraction of sp³-hybridized carbons (Fsp3) is 0.333. The van der Waals surface area contributed by atoms with Crippen molar-refractivity contribution in [2.24, 2.45) is 0 Å². The summed E-state index contributed by atoms with van der Waals surface area (Å²) in [7, 11) is 0. The number of nitro groups is 1. The van der Waals surface area contributed by atoms with Crippen molar-refractivity contribution in [2.45, 2.75) is 19.9 Å². The molecule has 0 amide bonds. The van der Waals surface area contributed by atoms with Crippen LogP contribution in [0.4, 0.5) is 11.4 Å². The summed E-state index contributed by atoms with van der Waals surface area (Å²) in [6.45, 7) is 3.86. The van der Waals surface area contributed by atoms with Gasteiger partial charge in [-0.05, 0) is 26.0 Å². The average Bonchev–Trinajstić information content (AvgIpc) is 2.07. The smallest absolute Gasteiger partial charge is 0.312 e. The summed E-state index contributed by atoms with van der Waals surface area (Å²) in [6, 6.07) is 4.42. The fourth-order valence-electron chi connectivity index (χ4n) is 1.09.